The maximum Gasteiger partial charge on any atom is 0.322 e. The zero-order chi connectivity index (χ0) is 23.6. The van der Waals surface area contributed by atoms with E-state index in [-0.39, 0.29) is 46.7 Å². The third-order valence-electron chi connectivity index (χ3n) is 4.97. The van der Waals surface area contributed by atoms with Crippen molar-refractivity contribution in [2.45, 2.75) is 19.4 Å². The Bertz CT molecular complexity index is 1240. The van der Waals surface area contributed by atoms with Crippen molar-refractivity contribution in [1.82, 2.24) is 14.7 Å². The Labute approximate surface area is 186 Å². The summed E-state index contributed by atoms with van der Waals surface area (Å²) in [5.74, 6) is -2.99. The van der Waals surface area contributed by atoms with E-state index >= 15 is 0 Å². The second kappa shape index (κ2) is 9.58. The zero-order valence-electron chi connectivity index (χ0n) is 17.2. The summed E-state index contributed by atoms with van der Waals surface area (Å²) in [5, 5.41) is 15.8. The highest BCUT2D eigenvalue weighted by Crippen LogP contribution is 2.28. The van der Waals surface area contributed by atoms with Crippen LogP contribution in [0, 0.1) is 17.5 Å². The van der Waals surface area contributed by atoms with Gasteiger partial charge in [0.1, 0.15) is 5.82 Å². The number of aryl methyl sites for hydroxylation is 1. The van der Waals surface area contributed by atoms with Crippen molar-refractivity contribution in [3.63, 3.8) is 0 Å². The van der Waals surface area contributed by atoms with Crippen LogP contribution in [0.1, 0.15) is 25.1 Å². The number of anilines is 1. The molecule has 7 nitrogen and oxygen atoms in total. The van der Waals surface area contributed by atoms with E-state index in [1.165, 1.54) is 24.1 Å². The molecule has 0 aliphatic rings. The number of carbonyl (C=O) groups is 1. The van der Waals surface area contributed by atoms with Gasteiger partial charge in [0.25, 0.3) is 5.56 Å². The summed E-state index contributed by atoms with van der Waals surface area (Å²) in [6, 6.07) is 3.89. The number of halogens is 4. The Hall–Kier alpha value is -3.11. The van der Waals surface area contributed by atoms with E-state index in [1.54, 1.807) is 6.92 Å². The van der Waals surface area contributed by atoms with Crippen LogP contribution in [0.25, 0.3) is 10.8 Å². The Kier molecular flexibility index (Phi) is 7.05. The maximum absolute atomic E-state index is 14.0. The van der Waals surface area contributed by atoms with Gasteiger partial charge in [-0.3, -0.25) is 4.79 Å². The van der Waals surface area contributed by atoms with Crippen molar-refractivity contribution < 1.29 is 23.1 Å². The number of urea groups is 1. The summed E-state index contributed by atoms with van der Waals surface area (Å²) in [6.45, 7) is 1.47. The number of aromatic nitrogens is 2. The molecule has 32 heavy (non-hydrogen) atoms. The van der Waals surface area contributed by atoms with E-state index < -0.39 is 35.1 Å². The lowest BCUT2D eigenvalue weighted by Crippen LogP contribution is -2.39. The zero-order valence-corrected chi connectivity index (χ0v) is 18.0. The Morgan fingerprint density at radius 3 is 2.47 bits per heavy atom. The second-order valence-electron chi connectivity index (χ2n) is 7.13. The van der Waals surface area contributed by atoms with Crippen molar-refractivity contribution in [2.75, 3.05) is 18.5 Å². The smallest absolute Gasteiger partial charge is 0.322 e. The first-order valence-electron chi connectivity index (χ1n) is 9.63. The SMILES string of the molecule is CC(c1nn(C)c(=O)c2cc(F)c(F)cc12)N(CCCO)C(=O)Nc1ccc(F)c(Cl)c1. The Morgan fingerprint density at radius 1 is 1.19 bits per heavy atom. The number of benzene rings is 2. The molecule has 3 rings (SSSR count). The van der Waals surface area contributed by atoms with Crippen molar-refractivity contribution in [2.24, 2.45) is 7.05 Å². The maximum atomic E-state index is 14.0. The fourth-order valence-corrected chi connectivity index (χ4v) is 3.49. The molecule has 0 saturated carbocycles. The molecule has 1 aromatic heterocycles. The minimum Gasteiger partial charge on any atom is -0.396 e. The minimum absolute atomic E-state index is 0.0612. The van der Waals surface area contributed by atoms with Crippen LogP contribution in [0.3, 0.4) is 0 Å². The predicted octanol–water partition coefficient (Wildman–Crippen LogP) is 3.98. The van der Waals surface area contributed by atoms with E-state index in [0.29, 0.717) is 0 Å². The highest BCUT2D eigenvalue weighted by Gasteiger charge is 2.26. The van der Waals surface area contributed by atoms with Gasteiger partial charge in [-0.1, -0.05) is 11.6 Å². The van der Waals surface area contributed by atoms with Crippen LogP contribution in [-0.4, -0.2) is 39.0 Å². The van der Waals surface area contributed by atoms with E-state index in [9.17, 15) is 27.9 Å². The van der Waals surface area contributed by atoms with Gasteiger partial charge in [-0.2, -0.15) is 5.10 Å². The molecule has 1 heterocycles. The number of aliphatic hydroxyl groups excluding tert-OH is 1. The number of amides is 2. The first kappa shape index (κ1) is 23.6. The molecular formula is C21H20ClF3N4O3. The lowest BCUT2D eigenvalue weighted by Gasteiger charge is -2.29. The monoisotopic (exact) mass is 468 g/mol. The molecule has 0 aliphatic carbocycles. The average Bonchev–Trinajstić information content (AvgIpc) is 2.75. The molecule has 0 fully saturated rings. The van der Waals surface area contributed by atoms with Gasteiger partial charge in [0, 0.05) is 31.3 Å². The summed E-state index contributed by atoms with van der Waals surface area (Å²) < 4.78 is 42.1. The van der Waals surface area contributed by atoms with Gasteiger partial charge < -0.3 is 15.3 Å². The molecule has 2 N–H and O–H groups in total. The summed E-state index contributed by atoms with van der Waals surface area (Å²) in [6.07, 6.45) is 0.217. The van der Waals surface area contributed by atoms with Crippen LogP contribution in [0.5, 0.6) is 0 Å². The van der Waals surface area contributed by atoms with Crippen LogP contribution < -0.4 is 10.9 Å². The highest BCUT2D eigenvalue weighted by molar-refractivity contribution is 6.31. The summed E-state index contributed by atoms with van der Waals surface area (Å²) in [4.78, 5) is 26.7. The molecule has 0 saturated heterocycles. The molecule has 1 unspecified atom stereocenters. The Balaban J connectivity index is 2.04. The second-order valence-corrected chi connectivity index (χ2v) is 7.54. The van der Waals surface area contributed by atoms with Crippen molar-refractivity contribution in [1.29, 1.82) is 0 Å². The highest BCUT2D eigenvalue weighted by atomic mass is 35.5. The van der Waals surface area contributed by atoms with Gasteiger partial charge in [-0.15, -0.1) is 0 Å². The minimum atomic E-state index is -1.18. The number of carbonyl (C=O) groups excluding carboxylic acids is 1. The van der Waals surface area contributed by atoms with E-state index in [0.717, 1.165) is 22.9 Å². The number of hydrogen-bond acceptors (Lipinski definition) is 4. The van der Waals surface area contributed by atoms with Gasteiger partial charge in [-0.25, -0.2) is 22.6 Å². The summed E-state index contributed by atoms with van der Waals surface area (Å²) in [7, 11) is 1.36. The van der Waals surface area contributed by atoms with Gasteiger partial charge in [-0.05, 0) is 43.7 Å². The topological polar surface area (TPSA) is 87.5 Å². The fraction of sp³-hybridized carbons (Fsp3) is 0.286. The van der Waals surface area contributed by atoms with Crippen LogP contribution in [0.4, 0.5) is 23.7 Å². The first-order valence-corrected chi connectivity index (χ1v) is 10.0. The van der Waals surface area contributed by atoms with E-state index in [4.69, 9.17) is 11.6 Å². The molecule has 1 atom stereocenters. The van der Waals surface area contributed by atoms with Crippen molar-refractivity contribution in [3.8, 4) is 0 Å². The number of fused-ring (bicyclic) bond motifs is 1. The van der Waals surface area contributed by atoms with Gasteiger partial charge >= 0.3 is 6.03 Å². The van der Waals surface area contributed by atoms with Gasteiger partial charge in [0.2, 0.25) is 0 Å². The molecule has 0 spiro atoms. The number of rotatable bonds is 6. The third kappa shape index (κ3) is 4.71. The quantitative estimate of drug-likeness (QED) is 0.573. The number of hydrogen-bond donors (Lipinski definition) is 2. The van der Waals surface area contributed by atoms with Crippen LogP contribution in [-0.2, 0) is 7.05 Å². The van der Waals surface area contributed by atoms with E-state index in [2.05, 4.69) is 10.4 Å². The third-order valence-corrected chi connectivity index (χ3v) is 5.26. The standard InChI is InChI=1S/C21H20ClF3N4O3/c1-11(19-13-9-17(24)18(25)10-14(13)20(31)28(2)27-19)29(6-3-7-30)21(32)26-12-4-5-16(23)15(22)8-12/h4-5,8-11,30H,3,6-7H2,1-2H3,(H,26,32). The predicted molar refractivity (Wildman–Crippen MR) is 114 cm³/mol. The lowest BCUT2D eigenvalue weighted by molar-refractivity contribution is 0.181. The van der Waals surface area contributed by atoms with Crippen LogP contribution in [0.2, 0.25) is 5.02 Å². The van der Waals surface area contributed by atoms with Gasteiger partial charge in [0.05, 0.1) is 22.1 Å². The summed E-state index contributed by atoms with van der Waals surface area (Å²) >= 11 is 5.76. The van der Waals surface area contributed by atoms with Gasteiger partial charge in [0.15, 0.2) is 11.6 Å². The van der Waals surface area contributed by atoms with Crippen LogP contribution in [0.15, 0.2) is 35.1 Å². The largest absolute Gasteiger partial charge is 0.396 e. The number of nitrogens with one attached hydrogen (secondary N) is 1. The molecule has 3 aromatic rings. The molecule has 0 radical (unpaired) electrons. The van der Waals surface area contributed by atoms with Crippen LogP contribution >= 0.6 is 11.6 Å². The molecule has 0 bridgehead atoms. The molecule has 0 aliphatic heterocycles. The first-order chi connectivity index (χ1) is 15.1. The summed E-state index contributed by atoms with van der Waals surface area (Å²) in [5.41, 5.74) is -0.234. The number of nitrogens with zero attached hydrogens (tertiary/aromatic N) is 3. The Morgan fingerprint density at radius 2 is 1.84 bits per heavy atom. The van der Waals surface area contributed by atoms with Crippen molar-refractivity contribution >= 4 is 34.1 Å². The van der Waals surface area contributed by atoms with Crippen molar-refractivity contribution in [3.05, 3.63) is 68.9 Å². The normalized spacial score (nSPS) is 12.1. The molecular weight excluding hydrogens is 449 g/mol. The van der Waals surface area contributed by atoms with E-state index in [1.807, 2.05) is 0 Å². The average molecular weight is 469 g/mol. The molecule has 2 amide bonds. The lowest BCUT2D eigenvalue weighted by atomic mass is 10.0. The molecule has 2 aromatic carbocycles. The molecule has 11 heteroatoms. The number of aliphatic hydroxyl groups is 1. The fourth-order valence-electron chi connectivity index (χ4n) is 3.31. The molecule has 170 valence electrons.